The third-order valence-electron chi connectivity index (χ3n) is 3.00. The van der Waals surface area contributed by atoms with Gasteiger partial charge in [-0.05, 0) is 30.6 Å². The SMILES string of the molecule is CC1CC(C)C(S(=O)(=O)Cl)C(C)C1. The summed E-state index contributed by atoms with van der Waals surface area (Å²) in [5.74, 6) is 1.02. The van der Waals surface area contributed by atoms with Gasteiger partial charge in [-0.3, -0.25) is 0 Å². The van der Waals surface area contributed by atoms with E-state index in [0.29, 0.717) is 5.92 Å². The highest BCUT2D eigenvalue weighted by Crippen LogP contribution is 2.38. The molecule has 0 saturated heterocycles. The molecule has 0 bridgehead atoms. The van der Waals surface area contributed by atoms with Gasteiger partial charge in [0, 0.05) is 10.7 Å². The third kappa shape index (κ3) is 2.59. The molecule has 0 amide bonds. The first-order valence-corrected chi connectivity index (χ1v) is 7.13. The van der Waals surface area contributed by atoms with Crippen molar-refractivity contribution in [1.29, 1.82) is 0 Å². The summed E-state index contributed by atoms with van der Waals surface area (Å²) in [7, 11) is 2.05. The van der Waals surface area contributed by atoms with Crippen LogP contribution < -0.4 is 0 Å². The number of rotatable bonds is 1. The fourth-order valence-electron chi connectivity index (χ4n) is 2.75. The first-order chi connectivity index (χ1) is 5.82. The highest BCUT2D eigenvalue weighted by atomic mass is 35.7. The molecule has 78 valence electrons. The van der Waals surface area contributed by atoms with E-state index >= 15 is 0 Å². The van der Waals surface area contributed by atoms with Gasteiger partial charge in [0.1, 0.15) is 0 Å². The molecule has 1 aliphatic carbocycles. The smallest absolute Gasteiger partial charge is 0.212 e. The van der Waals surface area contributed by atoms with Crippen LogP contribution in [-0.4, -0.2) is 13.7 Å². The lowest BCUT2D eigenvalue weighted by molar-refractivity contribution is 0.237. The van der Waals surface area contributed by atoms with E-state index in [1.54, 1.807) is 0 Å². The Morgan fingerprint density at radius 1 is 1.08 bits per heavy atom. The average Bonchev–Trinajstić information content (AvgIpc) is 1.78. The van der Waals surface area contributed by atoms with Gasteiger partial charge >= 0.3 is 0 Å². The summed E-state index contributed by atoms with van der Waals surface area (Å²) in [6, 6.07) is 0. The minimum Gasteiger partial charge on any atom is -0.212 e. The Kier molecular flexibility index (Phi) is 3.29. The first-order valence-electron chi connectivity index (χ1n) is 4.76. The summed E-state index contributed by atoms with van der Waals surface area (Å²) in [5.41, 5.74) is 0. The lowest BCUT2D eigenvalue weighted by atomic mass is 9.77. The summed E-state index contributed by atoms with van der Waals surface area (Å²) in [6.45, 7) is 6.14. The Bertz CT molecular complexity index is 261. The van der Waals surface area contributed by atoms with Gasteiger partial charge in [-0.15, -0.1) is 0 Å². The molecule has 1 fully saturated rings. The molecular weight excluding hydrogens is 208 g/mol. The van der Waals surface area contributed by atoms with Crippen molar-refractivity contribution in [2.45, 2.75) is 38.9 Å². The predicted octanol–water partition coefficient (Wildman–Crippen LogP) is 2.63. The molecule has 0 radical (unpaired) electrons. The molecule has 0 aromatic rings. The Balaban J connectivity index is 2.85. The van der Waals surface area contributed by atoms with Gasteiger partial charge in [-0.25, -0.2) is 8.42 Å². The fourth-order valence-corrected chi connectivity index (χ4v) is 5.14. The molecule has 2 nitrogen and oxygen atoms in total. The van der Waals surface area contributed by atoms with Gasteiger partial charge in [0.2, 0.25) is 9.05 Å². The van der Waals surface area contributed by atoms with E-state index in [2.05, 4.69) is 6.92 Å². The van der Waals surface area contributed by atoms with Crippen molar-refractivity contribution in [2.24, 2.45) is 17.8 Å². The fraction of sp³-hybridized carbons (Fsp3) is 1.00. The molecule has 1 rings (SSSR count). The molecule has 4 heteroatoms. The summed E-state index contributed by atoms with van der Waals surface area (Å²) < 4.78 is 22.6. The Morgan fingerprint density at radius 2 is 1.46 bits per heavy atom. The largest absolute Gasteiger partial charge is 0.235 e. The van der Waals surface area contributed by atoms with Crippen molar-refractivity contribution in [3.63, 3.8) is 0 Å². The summed E-state index contributed by atoms with van der Waals surface area (Å²) >= 11 is 0. The second-order valence-electron chi connectivity index (χ2n) is 4.47. The van der Waals surface area contributed by atoms with Crippen LogP contribution in [0, 0.1) is 17.8 Å². The Labute approximate surface area is 85.1 Å². The van der Waals surface area contributed by atoms with E-state index in [9.17, 15) is 8.42 Å². The highest BCUT2D eigenvalue weighted by Gasteiger charge is 2.38. The van der Waals surface area contributed by atoms with E-state index in [0.717, 1.165) is 12.8 Å². The lowest BCUT2D eigenvalue weighted by Gasteiger charge is -2.35. The molecule has 1 saturated carbocycles. The maximum atomic E-state index is 11.3. The molecule has 0 aromatic carbocycles. The zero-order chi connectivity index (χ0) is 10.2. The highest BCUT2D eigenvalue weighted by molar-refractivity contribution is 8.14. The minimum atomic E-state index is -3.38. The van der Waals surface area contributed by atoms with Gasteiger partial charge in [0.05, 0.1) is 5.25 Å². The van der Waals surface area contributed by atoms with Gasteiger partial charge in [0.15, 0.2) is 0 Å². The van der Waals surface area contributed by atoms with Crippen molar-refractivity contribution in [3.05, 3.63) is 0 Å². The zero-order valence-electron chi connectivity index (χ0n) is 8.33. The van der Waals surface area contributed by atoms with Gasteiger partial charge < -0.3 is 0 Å². The van der Waals surface area contributed by atoms with Crippen LogP contribution in [0.2, 0.25) is 0 Å². The monoisotopic (exact) mass is 224 g/mol. The third-order valence-corrected chi connectivity index (χ3v) is 5.19. The Morgan fingerprint density at radius 3 is 1.77 bits per heavy atom. The molecular formula is C9H17ClO2S. The van der Waals surface area contributed by atoms with Crippen molar-refractivity contribution < 1.29 is 8.42 Å². The maximum Gasteiger partial charge on any atom is 0.235 e. The number of halogens is 1. The van der Waals surface area contributed by atoms with Crippen LogP contribution in [0.4, 0.5) is 0 Å². The van der Waals surface area contributed by atoms with E-state index in [1.807, 2.05) is 13.8 Å². The van der Waals surface area contributed by atoms with Crippen LogP contribution in [0.1, 0.15) is 33.6 Å². The molecule has 2 atom stereocenters. The molecule has 0 aromatic heterocycles. The molecule has 0 aliphatic heterocycles. The van der Waals surface area contributed by atoms with Crippen molar-refractivity contribution in [1.82, 2.24) is 0 Å². The minimum absolute atomic E-state index is 0.196. The van der Waals surface area contributed by atoms with Gasteiger partial charge in [0.25, 0.3) is 0 Å². The van der Waals surface area contributed by atoms with Crippen LogP contribution in [0.3, 0.4) is 0 Å². The van der Waals surface area contributed by atoms with E-state index in [1.165, 1.54) is 0 Å². The summed E-state index contributed by atoms with van der Waals surface area (Å²) in [5, 5.41) is -0.342. The number of hydrogen-bond acceptors (Lipinski definition) is 2. The molecule has 13 heavy (non-hydrogen) atoms. The molecule has 2 unspecified atom stereocenters. The van der Waals surface area contributed by atoms with Crippen molar-refractivity contribution >= 4 is 19.7 Å². The van der Waals surface area contributed by atoms with Gasteiger partial charge in [-0.1, -0.05) is 20.8 Å². The number of hydrogen-bond donors (Lipinski definition) is 0. The molecule has 1 aliphatic rings. The second-order valence-corrected chi connectivity index (χ2v) is 7.26. The first kappa shape index (κ1) is 11.3. The van der Waals surface area contributed by atoms with Crippen LogP contribution in [-0.2, 0) is 9.05 Å². The summed E-state index contributed by atoms with van der Waals surface area (Å²) in [4.78, 5) is 0. The second kappa shape index (κ2) is 3.77. The van der Waals surface area contributed by atoms with E-state index in [-0.39, 0.29) is 17.1 Å². The molecule has 0 N–H and O–H groups in total. The topological polar surface area (TPSA) is 34.1 Å². The summed E-state index contributed by atoms with van der Waals surface area (Å²) in [6.07, 6.45) is 1.95. The molecule has 0 heterocycles. The predicted molar refractivity (Wildman–Crippen MR) is 55.3 cm³/mol. The van der Waals surface area contributed by atoms with E-state index < -0.39 is 9.05 Å². The van der Waals surface area contributed by atoms with Crippen molar-refractivity contribution in [3.8, 4) is 0 Å². The van der Waals surface area contributed by atoms with Crippen LogP contribution in [0.15, 0.2) is 0 Å². The van der Waals surface area contributed by atoms with E-state index in [4.69, 9.17) is 10.7 Å². The van der Waals surface area contributed by atoms with Crippen LogP contribution in [0.5, 0.6) is 0 Å². The van der Waals surface area contributed by atoms with Crippen LogP contribution in [0.25, 0.3) is 0 Å². The quantitative estimate of drug-likeness (QED) is 0.642. The molecule has 0 spiro atoms. The standard InChI is InChI=1S/C9H17ClO2S/c1-6-4-7(2)9(8(3)5-6)13(10,11)12/h6-9H,4-5H2,1-3H3. The lowest BCUT2D eigenvalue weighted by Crippen LogP contribution is -2.37. The Hall–Kier alpha value is 0.240. The normalized spacial score (nSPS) is 41.8. The average molecular weight is 225 g/mol. The van der Waals surface area contributed by atoms with Gasteiger partial charge in [-0.2, -0.15) is 0 Å². The van der Waals surface area contributed by atoms with Crippen molar-refractivity contribution in [2.75, 3.05) is 0 Å². The van der Waals surface area contributed by atoms with Crippen LogP contribution >= 0.6 is 10.7 Å². The maximum absolute atomic E-state index is 11.3. The zero-order valence-corrected chi connectivity index (χ0v) is 9.90.